The summed E-state index contributed by atoms with van der Waals surface area (Å²) in [5.41, 5.74) is -8.68. The van der Waals surface area contributed by atoms with Crippen molar-refractivity contribution in [3.63, 3.8) is 0 Å². The summed E-state index contributed by atoms with van der Waals surface area (Å²) in [6.45, 7) is 1.53. The summed E-state index contributed by atoms with van der Waals surface area (Å²) >= 11 is 6.94. The second-order valence-electron chi connectivity index (χ2n) is 12.3. The Morgan fingerprint density at radius 3 is 2.31 bits per heavy atom. The van der Waals surface area contributed by atoms with Gasteiger partial charge in [0.05, 0.1) is 45.7 Å². The SMILES string of the molecule is COC(=O)C12Oc3c(Cl)c4c(c(O)c3C(O)=C1C(=O)CCC2O)C1C(=O)C2=C(O)c3c(O)ccc(O)c3C(=O)C2(C4)C2OC12C. The van der Waals surface area contributed by atoms with Crippen molar-refractivity contribution in [1.29, 1.82) is 0 Å². The minimum Gasteiger partial charge on any atom is -0.507 e. The van der Waals surface area contributed by atoms with E-state index in [1.165, 1.54) is 6.92 Å². The number of hydrogen-bond acceptors (Lipinski definition) is 13. The molecule has 6 atom stereocenters. The lowest BCUT2D eigenvalue weighted by atomic mass is 9.56. The van der Waals surface area contributed by atoms with E-state index in [9.17, 15) is 49.8 Å². The predicted octanol–water partition coefficient (Wildman–Crippen LogP) is 2.29. The fourth-order valence-corrected chi connectivity index (χ4v) is 8.67. The molecular weight excluding hydrogens is 616 g/mol. The highest BCUT2D eigenvalue weighted by molar-refractivity contribution is 6.34. The van der Waals surface area contributed by atoms with Gasteiger partial charge in [0.2, 0.25) is 0 Å². The molecule has 9 rings (SSSR count). The molecule has 2 aromatic rings. The van der Waals surface area contributed by atoms with Crippen LogP contribution in [0.4, 0.5) is 0 Å². The van der Waals surface area contributed by atoms with Crippen molar-refractivity contribution in [2.45, 2.75) is 55.5 Å². The van der Waals surface area contributed by atoms with Crippen molar-refractivity contribution in [3.8, 4) is 23.0 Å². The average molecular weight is 639 g/mol. The second kappa shape index (κ2) is 8.16. The number of hydrogen-bond donors (Lipinski definition) is 6. The van der Waals surface area contributed by atoms with Crippen LogP contribution >= 0.6 is 11.6 Å². The van der Waals surface area contributed by atoms with E-state index in [1.54, 1.807) is 0 Å². The predicted molar refractivity (Wildman–Crippen MR) is 149 cm³/mol. The molecule has 232 valence electrons. The molecule has 6 unspecified atom stereocenters. The molecule has 2 aliphatic heterocycles. The van der Waals surface area contributed by atoms with Crippen LogP contribution in [0.1, 0.15) is 58.3 Å². The Balaban J connectivity index is 1.46. The van der Waals surface area contributed by atoms with Crippen LogP contribution in [0.2, 0.25) is 5.02 Å². The summed E-state index contributed by atoms with van der Waals surface area (Å²) in [4.78, 5) is 55.2. The number of carbonyl (C=O) groups excluding carboxylic acids is 4. The molecule has 2 saturated carbocycles. The Morgan fingerprint density at radius 1 is 1.00 bits per heavy atom. The largest absolute Gasteiger partial charge is 0.507 e. The number of carbonyl (C=O) groups is 4. The summed E-state index contributed by atoms with van der Waals surface area (Å²) in [6.07, 6.45) is -3.76. The van der Waals surface area contributed by atoms with Crippen molar-refractivity contribution < 1.29 is 64.0 Å². The zero-order valence-electron chi connectivity index (χ0n) is 23.4. The normalized spacial score (nSPS) is 33.7. The van der Waals surface area contributed by atoms with Gasteiger partial charge in [-0.2, -0.15) is 0 Å². The summed E-state index contributed by atoms with van der Waals surface area (Å²) in [7, 11) is 0.988. The monoisotopic (exact) mass is 638 g/mol. The number of aliphatic hydroxyl groups is 3. The van der Waals surface area contributed by atoms with E-state index in [2.05, 4.69) is 0 Å². The molecule has 5 aliphatic carbocycles. The van der Waals surface area contributed by atoms with Gasteiger partial charge >= 0.3 is 5.97 Å². The van der Waals surface area contributed by atoms with Gasteiger partial charge in [-0.3, -0.25) is 14.4 Å². The number of fused-ring (bicyclic) bond motifs is 3. The number of ether oxygens (including phenoxy) is 3. The lowest BCUT2D eigenvalue weighted by molar-refractivity contribution is -0.169. The molecule has 2 bridgehead atoms. The van der Waals surface area contributed by atoms with Crippen LogP contribution in [0.25, 0.3) is 11.5 Å². The van der Waals surface area contributed by atoms with Crippen LogP contribution in [0.15, 0.2) is 23.3 Å². The Labute approximate surface area is 257 Å². The van der Waals surface area contributed by atoms with E-state index in [4.69, 9.17) is 25.8 Å². The van der Waals surface area contributed by atoms with Crippen molar-refractivity contribution >= 4 is 46.4 Å². The number of benzene rings is 2. The Kier molecular flexibility index (Phi) is 5.06. The first-order chi connectivity index (χ1) is 21.2. The number of halogens is 1. The van der Waals surface area contributed by atoms with E-state index in [0.717, 1.165) is 19.2 Å². The zero-order valence-corrected chi connectivity index (χ0v) is 24.2. The van der Waals surface area contributed by atoms with E-state index in [1.807, 2.05) is 0 Å². The molecule has 0 radical (unpaired) electrons. The smallest absolute Gasteiger partial charge is 0.358 e. The molecule has 3 fully saturated rings. The Hall–Kier alpha value is -4.59. The number of epoxide rings is 1. The van der Waals surface area contributed by atoms with Crippen LogP contribution in [0.5, 0.6) is 23.0 Å². The number of rotatable bonds is 1. The van der Waals surface area contributed by atoms with Crippen LogP contribution in [-0.2, 0) is 30.3 Å². The lowest BCUT2D eigenvalue weighted by Gasteiger charge is -2.43. The third-order valence-electron chi connectivity index (χ3n) is 10.3. The van der Waals surface area contributed by atoms with Crippen molar-refractivity contribution in [2.24, 2.45) is 5.41 Å². The van der Waals surface area contributed by atoms with Crippen LogP contribution in [0, 0.1) is 5.41 Å². The average Bonchev–Trinajstić information content (AvgIpc) is 3.73. The van der Waals surface area contributed by atoms with Crippen molar-refractivity contribution in [3.05, 3.63) is 56.1 Å². The van der Waals surface area contributed by atoms with Gasteiger partial charge in [-0.05, 0) is 37.5 Å². The highest BCUT2D eigenvalue weighted by Gasteiger charge is 2.80. The maximum atomic E-state index is 14.5. The second-order valence-corrected chi connectivity index (χ2v) is 12.7. The zero-order chi connectivity index (χ0) is 32.3. The first-order valence-corrected chi connectivity index (χ1v) is 14.3. The van der Waals surface area contributed by atoms with E-state index < -0.39 is 127 Å². The number of esters is 1. The molecule has 2 aromatic carbocycles. The first kappa shape index (κ1) is 27.9. The number of methoxy groups -OCH3 is 1. The van der Waals surface area contributed by atoms with Gasteiger partial charge in [0.15, 0.2) is 23.1 Å². The molecular formula is C31H23ClO13. The molecule has 13 nitrogen and oxygen atoms in total. The maximum Gasteiger partial charge on any atom is 0.358 e. The molecule has 45 heavy (non-hydrogen) atoms. The van der Waals surface area contributed by atoms with E-state index in [-0.39, 0.29) is 29.0 Å². The molecule has 6 N–H and O–H groups in total. The number of aliphatic hydroxyl groups excluding tert-OH is 3. The maximum absolute atomic E-state index is 14.5. The highest BCUT2D eigenvalue weighted by Crippen LogP contribution is 2.72. The number of ketones is 3. The first-order valence-electron chi connectivity index (χ1n) is 14.0. The third-order valence-corrected chi connectivity index (χ3v) is 10.7. The third kappa shape index (κ3) is 2.80. The molecule has 0 aromatic heterocycles. The molecule has 14 heteroatoms. The number of Topliss-reactive ketones (excluding diaryl/α,β-unsaturated/α-hetero) is 3. The van der Waals surface area contributed by atoms with Gasteiger partial charge in [0.1, 0.15) is 52.1 Å². The van der Waals surface area contributed by atoms with Crippen LogP contribution < -0.4 is 4.74 Å². The summed E-state index contributed by atoms with van der Waals surface area (Å²) in [6, 6.07) is 2.11. The van der Waals surface area contributed by atoms with E-state index >= 15 is 0 Å². The van der Waals surface area contributed by atoms with Gasteiger partial charge in [0.25, 0.3) is 5.60 Å². The van der Waals surface area contributed by atoms with Crippen molar-refractivity contribution in [1.82, 2.24) is 0 Å². The molecule has 7 aliphatic rings. The van der Waals surface area contributed by atoms with Crippen LogP contribution in [0.3, 0.4) is 0 Å². The van der Waals surface area contributed by atoms with Gasteiger partial charge in [-0.25, -0.2) is 4.79 Å². The van der Waals surface area contributed by atoms with Gasteiger partial charge in [-0.15, -0.1) is 0 Å². The lowest BCUT2D eigenvalue weighted by Crippen LogP contribution is -2.61. The molecule has 1 saturated heterocycles. The topological polar surface area (TPSA) is 221 Å². The van der Waals surface area contributed by atoms with Gasteiger partial charge < -0.3 is 44.8 Å². The fraction of sp³-hybridized carbons (Fsp3) is 0.355. The number of phenols is 3. The Morgan fingerprint density at radius 2 is 1.64 bits per heavy atom. The molecule has 0 amide bonds. The standard InChI is InChI=1S/C31H23ClO13/c1-29-18-13-8(7-30(27(29)45-29)19(24(18)40)22(38)14-9(33)3-4-10(34)15(14)26(30)41)20(32)25-16(21(13)37)23(39)17-11(35)5-6-12(36)31(17,44-25)28(42)43-2/h3-4,12,18,27,33-34,36-39H,5-7H2,1-2H3. The fourth-order valence-electron chi connectivity index (χ4n) is 8.37. The van der Waals surface area contributed by atoms with Gasteiger partial charge in [0, 0.05) is 12.0 Å². The summed E-state index contributed by atoms with van der Waals surface area (Å²) in [5.74, 6) is -9.21. The minimum absolute atomic E-state index is 0.0320. The highest BCUT2D eigenvalue weighted by atomic mass is 35.5. The van der Waals surface area contributed by atoms with Crippen LogP contribution in [-0.4, -0.2) is 84.5 Å². The number of phenolic OH excluding ortho intramolecular Hbond substituents is 3. The number of aromatic hydroxyl groups is 3. The summed E-state index contributed by atoms with van der Waals surface area (Å²) < 4.78 is 16.9. The quantitative estimate of drug-likeness (QED) is 0.150. The van der Waals surface area contributed by atoms with E-state index in [0.29, 0.717) is 0 Å². The van der Waals surface area contributed by atoms with Crippen molar-refractivity contribution in [2.75, 3.05) is 7.11 Å². The summed E-state index contributed by atoms with van der Waals surface area (Å²) in [5, 5.41) is 66.9. The minimum atomic E-state index is -2.55. The van der Waals surface area contributed by atoms with Gasteiger partial charge in [-0.1, -0.05) is 11.6 Å². The molecule has 1 spiro atoms. The Bertz CT molecular complexity index is 1980. The molecule has 2 heterocycles.